The first kappa shape index (κ1) is 13.7. The van der Waals surface area contributed by atoms with Gasteiger partial charge < -0.3 is 0 Å². The standard InChI is InChI=1S/C19H18Cl2/c1-11-4-6-16-15(9-11)18(20)14-7-8-19(16,21)17-10-12(2)3-5-13(14)17/h3-6,9-10,14,18H,7-8H2,1-2H3. The summed E-state index contributed by atoms with van der Waals surface area (Å²) in [5.41, 5.74) is 7.57. The lowest BCUT2D eigenvalue weighted by molar-refractivity contribution is 0.505. The van der Waals surface area contributed by atoms with E-state index in [0.29, 0.717) is 5.92 Å². The Balaban J connectivity index is 2.08. The molecule has 108 valence electrons. The Kier molecular flexibility index (Phi) is 2.93. The summed E-state index contributed by atoms with van der Waals surface area (Å²) in [5, 5.41) is 0.0180. The van der Waals surface area contributed by atoms with Crippen molar-refractivity contribution in [3.8, 4) is 0 Å². The van der Waals surface area contributed by atoms with Crippen LogP contribution in [0.15, 0.2) is 36.4 Å². The Bertz CT molecular complexity index is 734. The molecule has 2 aromatic rings. The molecule has 2 bridgehead atoms. The normalized spacial score (nSPS) is 29.7. The van der Waals surface area contributed by atoms with E-state index in [4.69, 9.17) is 23.2 Å². The molecule has 0 saturated carbocycles. The van der Waals surface area contributed by atoms with E-state index in [2.05, 4.69) is 50.2 Å². The highest BCUT2D eigenvalue weighted by atomic mass is 35.5. The maximum Gasteiger partial charge on any atom is 0.0950 e. The molecule has 2 aromatic carbocycles. The van der Waals surface area contributed by atoms with Gasteiger partial charge in [-0.3, -0.25) is 0 Å². The average Bonchev–Trinajstić information content (AvgIpc) is 2.61. The number of benzene rings is 2. The minimum atomic E-state index is -0.412. The molecule has 3 aliphatic rings. The fraction of sp³-hybridized carbons (Fsp3) is 0.368. The van der Waals surface area contributed by atoms with Crippen LogP contribution in [0.4, 0.5) is 0 Å². The summed E-state index contributed by atoms with van der Waals surface area (Å²) in [6.07, 6.45) is 2.02. The zero-order valence-corrected chi connectivity index (χ0v) is 13.8. The second kappa shape index (κ2) is 4.51. The van der Waals surface area contributed by atoms with Crippen molar-refractivity contribution < 1.29 is 0 Å². The summed E-state index contributed by atoms with van der Waals surface area (Å²) in [6, 6.07) is 13.2. The highest BCUT2D eigenvalue weighted by molar-refractivity contribution is 6.27. The number of halogens is 2. The van der Waals surface area contributed by atoms with Crippen molar-refractivity contribution in [2.75, 3.05) is 0 Å². The van der Waals surface area contributed by atoms with E-state index >= 15 is 0 Å². The van der Waals surface area contributed by atoms with Gasteiger partial charge in [0.15, 0.2) is 0 Å². The molecular formula is C19H18Cl2. The fourth-order valence-electron chi connectivity index (χ4n) is 4.05. The van der Waals surface area contributed by atoms with Crippen LogP contribution in [-0.4, -0.2) is 0 Å². The lowest BCUT2D eigenvalue weighted by atomic mass is 9.75. The Morgan fingerprint density at radius 1 is 0.952 bits per heavy atom. The molecule has 3 atom stereocenters. The van der Waals surface area contributed by atoms with Gasteiger partial charge in [-0.1, -0.05) is 47.5 Å². The lowest BCUT2D eigenvalue weighted by Crippen LogP contribution is -2.26. The van der Waals surface area contributed by atoms with Crippen LogP contribution in [0, 0.1) is 13.8 Å². The maximum absolute atomic E-state index is 7.19. The molecule has 0 nitrogen and oxygen atoms in total. The summed E-state index contributed by atoms with van der Waals surface area (Å²) >= 11 is 14.1. The highest BCUT2D eigenvalue weighted by Crippen LogP contribution is 2.59. The second-order valence-corrected chi connectivity index (χ2v) is 7.64. The van der Waals surface area contributed by atoms with Crippen LogP contribution in [0.5, 0.6) is 0 Å². The van der Waals surface area contributed by atoms with Crippen LogP contribution in [0.1, 0.15) is 57.5 Å². The van der Waals surface area contributed by atoms with Crippen LogP contribution >= 0.6 is 23.2 Å². The summed E-state index contributed by atoms with van der Waals surface area (Å²) < 4.78 is 0. The zero-order chi connectivity index (χ0) is 14.8. The predicted octanol–water partition coefficient (Wildman–Crippen LogP) is 5.96. The molecule has 2 heteroatoms. The van der Waals surface area contributed by atoms with Crippen LogP contribution in [0.25, 0.3) is 0 Å². The Hall–Kier alpha value is -0.980. The summed E-state index contributed by atoms with van der Waals surface area (Å²) in [7, 11) is 0. The van der Waals surface area contributed by atoms with Gasteiger partial charge in [-0.2, -0.15) is 0 Å². The molecular weight excluding hydrogens is 299 g/mol. The largest absolute Gasteiger partial charge is 0.117 e. The number of hydrogen-bond donors (Lipinski definition) is 0. The van der Waals surface area contributed by atoms with E-state index in [-0.39, 0.29) is 5.38 Å². The first-order chi connectivity index (χ1) is 10.0. The minimum absolute atomic E-state index is 0.0180. The zero-order valence-electron chi connectivity index (χ0n) is 12.3. The first-order valence-corrected chi connectivity index (χ1v) is 8.37. The second-order valence-electron chi connectivity index (χ2n) is 6.53. The number of aryl methyl sites for hydroxylation is 2. The first-order valence-electron chi connectivity index (χ1n) is 7.56. The quantitative estimate of drug-likeness (QED) is 0.526. The van der Waals surface area contributed by atoms with Crippen molar-refractivity contribution >= 4 is 23.2 Å². The fourth-order valence-corrected chi connectivity index (χ4v) is 4.94. The minimum Gasteiger partial charge on any atom is -0.117 e. The number of fused-ring (bicyclic) bond motifs is 1. The third-order valence-electron chi connectivity index (χ3n) is 5.12. The molecule has 0 heterocycles. The SMILES string of the molecule is Cc1ccc2c(c1)C(Cl)C1CCC2(Cl)c2cc(C)ccc21. The molecule has 0 saturated heterocycles. The summed E-state index contributed by atoms with van der Waals surface area (Å²) in [4.78, 5) is -0.412. The topological polar surface area (TPSA) is 0 Å². The van der Waals surface area contributed by atoms with Crippen LogP contribution in [0.3, 0.4) is 0 Å². The molecule has 5 rings (SSSR count). The Morgan fingerprint density at radius 3 is 2.48 bits per heavy atom. The third-order valence-corrected chi connectivity index (χ3v) is 6.25. The van der Waals surface area contributed by atoms with Gasteiger partial charge in [0.2, 0.25) is 0 Å². The van der Waals surface area contributed by atoms with Crippen molar-refractivity contribution in [1.82, 2.24) is 0 Å². The van der Waals surface area contributed by atoms with E-state index in [9.17, 15) is 0 Å². The average molecular weight is 317 g/mol. The molecule has 3 aliphatic carbocycles. The monoisotopic (exact) mass is 316 g/mol. The molecule has 0 amide bonds. The van der Waals surface area contributed by atoms with Crippen molar-refractivity contribution in [2.24, 2.45) is 0 Å². The van der Waals surface area contributed by atoms with Crippen molar-refractivity contribution in [3.63, 3.8) is 0 Å². The number of hydrogen-bond acceptors (Lipinski definition) is 0. The van der Waals surface area contributed by atoms with Gasteiger partial charge in [-0.05, 0) is 48.9 Å². The number of rotatable bonds is 0. The molecule has 0 fully saturated rings. The van der Waals surface area contributed by atoms with E-state index < -0.39 is 4.87 Å². The van der Waals surface area contributed by atoms with E-state index in [1.807, 2.05) is 0 Å². The van der Waals surface area contributed by atoms with E-state index in [0.717, 1.165) is 12.8 Å². The van der Waals surface area contributed by atoms with Gasteiger partial charge in [-0.15, -0.1) is 23.2 Å². The summed E-state index contributed by atoms with van der Waals surface area (Å²) in [5.74, 6) is 0.372. The molecule has 0 N–H and O–H groups in total. The van der Waals surface area contributed by atoms with Crippen molar-refractivity contribution in [1.29, 1.82) is 0 Å². The predicted molar refractivity (Wildman–Crippen MR) is 89.6 cm³/mol. The maximum atomic E-state index is 7.19. The van der Waals surface area contributed by atoms with Gasteiger partial charge in [0, 0.05) is 5.92 Å². The van der Waals surface area contributed by atoms with Crippen LogP contribution < -0.4 is 0 Å². The van der Waals surface area contributed by atoms with Crippen molar-refractivity contribution in [2.45, 2.75) is 42.9 Å². The van der Waals surface area contributed by atoms with Crippen LogP contribution in [0.2, 0.25) is 0 Å². The lowest BCUT2D eigenvalue weighted by Gasteiger charge is -2.35. The molecule has 21 heavy (non-hydrogen) atoms. The van der Waals surface area contributed by atoms with Gasteiger partial charge in [-0.25, -0.2) is 0 Å². The van der Waals surface area contributed by atoms with Crippen molar-refractivity contribution in [3.05, 3.63) is 69.8 Å². The van der Waals surface area contributed by atoms with Gasteiger partial charge in [0.1, 0.15) is 0 Å². The molecule has 0 aromatic heterocycles. The van der Waals surface area contributed by atoms with Gasteiger partial charge in [0.25, 0.3) is 0 Å². The van der Waals surface area contributed by atoms with Crippen LogP contribution in [-0.2, 0) is 4.87 Å². The Morgan fingerprint density at radius 2 is 1.67 bits per heavy atom. The highest BCUT2D eigenvalue weighted by Gasteiger charge is 2.47. The molecule has 3 unspecified atom stereocenters. The summed E-state index contributed by atoms with van der Waals surface area (Å²) in [6.45, 7) is 4.25. The molecule has 0 radical (unpaired) electrons. The van der Waals surface area contributed by atoms with Gasteiger partial charge in [0.05, 0.1) is 10.3 Å². The third kappa shape index (κ3) is 1.82. The van der Waals surface area contributed by atoms with Gasteiger partial charge >= 0.3 is 0 Å². The van der Waals surface area contributed by atoms with E-state index in [1.54, 1.807) is 0 Å². The number of alkyl halides is 2. The van der Waals surface area contributed by atoms with E-state index in [1.165, 1.54) is 33.4 Å². The molecule has 0 spiro atoms. The molecule has 0 aliphatic heterocycles. The Labute approximate surface area is 136 Å². The smallest absolute Gasteiger partial charge is 0.0950 e.